The van der Waals surface area contributed by atoms with Gasteiger partial charge in [0.2, 0.25) is 0 Å². The van der Waals surface area contributed by atoms with Crippen molar-refractivity contribution in [1.82, 2.24) is 15.6 Å². The molecule has 0 aliphatic carbocycles. The molecule has 0 radical (unpaired) electrons. The zero-order valence-corrected chi connectivity index (χ0v) is 19.4. The first kappa shape index (κ1) is 24.1. The van der Waals surface area contributed by atoms with Crippen molar-refractivity contribution in [3.63, 3.8) is 0 Å². The molecule has 3 rings (SSSR count). The van der Waals surface area contributed by atoms with Crippen LogP contribution in [0.15, 0.2) is 89.2 Å². The quantitative estimate of drug-likeness (QED) is 0.441. The number of benzene rings is 2. The van der Waals surface area contributed by atoms with Crippen LogP contribution in [0.1, 0.15) is 39.0 Å². The molecule has 7 heteroatoms. The van der Waals surface area contributed by atoms with Gasteiger partial charge in [-0.05, 0) is 48.4 Å². The molecular formula is C27H27N5O2. The summed E-state index contributed by atoms with van der Waals surface area (Å²) < 4.78 is 0. The first-order chi connectivity index (χ1) is 16.5. The van der Waals surface area contributed by atoms with Crippen molar-refractivity contribution in [3.05, 3.63) is 107 Å². The maximum absolute atomic E-state index is 12.8. The number of allylic oxidation sites excluding steroid dienone is 2. The second-order valence-corrected chi connectivity index (χ2v) is 7.38. The molecule has 172 valence electrons. The largest absolute Gasteiger partial charge is 0.388 e. The number of hydrogen-bond donors (Lipinski definition) is 3. The molecule has 0 unspecified atom stereocenters. The molecule has 0 aliphatic heterocycles. The Bertz CT molecular complexity index is 1250. The van der Waals surface area contributed by atoms with E-state index < -0.39 is 11.8 Å². The fourth-order valence-corrected chi connectivity index (χ4v) is 3.22. The molecule has 1 heterocycles. The van der Waals surface area contributed by atoms with E-state index in [4.69, 9.17) is 0 Å². The van der Waals surface area contributed by atoms with Gasteiger partial charge in [-0.2, -0.15) is 0 Å². The lowest BCUT2D eigenvalue weighted by Gasteiger charge is -2.09. The molecule has 0 spiro atoms. The zero-order valence-electron chi connectivity index (χ0n) is 19.4. The van der Waals surface area contributed by atoms with Gasteiger partial charge in [-0.3, -0.25) is 14.6 Å². The number of rotatable bonds is 8. The van der Waals surface area contributed by atoms with Gasteiger partial charge in [-0.1, -0.05) is 54.6 Å². The average Bonchev–Trinajstić information content (AvgIpc) is 2.85. The van der Waals surface area contributed by atoms with Crippen molar-refractivity contribution in [2.24, 2.45) is 4.99 Å². The van der Waals surface area contributed by atoms with Crippen LogP contribution < -0.4 is 16.0 Å². The molecular weight excluding hydrogens is 426 g/mol. The van der Waals surface area contributed by atoms with Crippen molar-refractivity contribution in [2.75, 3.05) is 19.4 Å². The number of nitrogens with one attached hydrogen (secondary N) is 3. The van der Waals surface area contributed by atoms with Gasteiger partial charge in [0.25, 0.3) is 11.8 Å². The molecule has 2 aromatic carbocycles. The Morgan fingerprint density at radius 3 is 2.15 bits per heavy atom. The number of anilines is 1. The fourth-order valence-electron chi connectivity index (χ4n) is 3.22. The number of carbonyl (C=O) groups excluding carboxylic acids is 2. The first-order valence-corrected chi connectivity index (χ1v) is 10.7. The second kappa shape index (κ2) is 11.9. The number of para-hydroxylation sites is 1. The standard InChI is InChI=1S/C27H27N5O2/c1-19(16-21-12-7-8-13-23(21)29-3)30-26(33)24-14-9-15-25(32-24)27(34)31-22(18-28-2)17-20-10-5-4-6-11-20/h4-18,29H,1-3H3,(H,30,33)(H,31,34)/b19-16+,22-17+,28-18?. The van der Waals surface area contributed by atoms with Crippen LogP contribution in [-0.4, -0.2) is 37.1 Å². The minimum Gasteiger partial charge on any atom is -0.388 e. The summed E-state index contributed by atoms with van der Waals surface area (Å²) in [7, 11) is 3.47. The Kier molecular flexibility index (Phi) is 8.46. The molecule has 0 aliphatic rings. The smallest absolute Gasteiger partial charge is 0.274 e. The van der Waals surface area contributed by atoms with Crippen LogP contribution in [0.25, 0.3) is 12.2 Å². The number of amides is 2. The Hall–Kier alpha value is -4.52. The number of aliphatic imine (C=N–C) groups is 1. The number of pyridine rings is 1. The van der Waals surface area contributed by atoms with E-state index in [1.165, 1.54) is 0 Å². The summed E-state index contributed by atoms with van der Waals surface area (Å²) in [6.45, 7) is 1.80. The first-order valence-electron chi connectivity index (χ1n) is 10.7. The van der Waals surface area contributed by atoms with E-state index in [0.29, 0.717) is 11.4 Å². The van der Waals surface area contributed by atoms with Crippen LogP contribution in [-0.2, 0) is 0 Å². The van der Waals surface area contributed by atoms with Gasteiger partial charge in [0.05, 0.1) is 5.70 Å². The molecule has 0 atom stereocenters. The van der Waals surface area contributed by atoms with E-state index in [0.717, 1.165) is 16.8 Å². The van der Waals surface area contributed by atoms with E-state index in [1.54, 1.807) is 44.5 Å². The zero-order chi connectivity index (χ0) is 24.3. The Labute approximate surface area is 199 Å². The lowest BCUT2D eigenvalue weighted by atomic mass is 10.1. The predicted octanol–water partition coefficient (Wildman–Crippen LogP) is 4.39. The van der Waals surface area contributed by atoms with Crippen molar-refractivity contribution < 1.29 is 9.59 Å². The predicted molar refractivity (Wildman–Crippen MR) is 138 cm³/mol. The topological polar surface area (TPSA) is 95.5 Å². The maximum Gasteiger partial charge on any atom is 0.274 e. The van der Waals surface area contributed by atoms with Crippen LogP contribution in [0.2, 0.25) is 0 Å². The number of aromatic nitrogens is 1. The van der Waals surface area contributed by atoms with Gasteiger partial charge in [0.1, 0.15) is 11.4 Å². The molecule has 3 N–H and O–H groups in total. The normalized spacial score (nSPS) is 11.9. The number of hydrogen-bond acceptors (Lipinski definition) is 5. The van der Waals surface area contributed by atoms with Crippen LogP contribution in [0, 0.1) is 0 Å². The van der Waals surface area contributed by atoms with Gasteiger partial charge < -0.3 is 16.0 Å². The van der Waals surface area contributed by atoms with E-state index in [-0.39, 0.29) is 11.4 Å². The van der Waals surface area contributed by atoms with Crippen molar-refractivity contribution in [2.45, 2.75) is 6.92 Å². The summed E-state index contributed by atoms with van der Waals surface area (Å²) in [5.41, 5.74) is 4.23. The monoisotopic (exact) mass is 453 g/mol. The van der Waals surface area contributed by atoms with Crippen molar-refractivity contribution >= 4 is 35.9 Å². The van der Waals surface area contributed by atoms with E-state index in [9.17, 15) is 9.59 Å². The highest BCUT2D eigenvalue weighted by Gasteiger charge is 2.13. The summed E-state index contributed by atoms with van der Waals surface area (Å²) in [4.78, 5) is 33.8. The van der Waals surface area contributed by atoms with Crippen LogP contribution in [0.4, 0.5) is 5.69 Å². The third-order valence-electron chi connectivity index (χ3n) is 4.78. The Balaban J connectivity index is 1.74. The fraction of sp³-hybridized carbons (Fsp3) is 0.111. The summed E-state index contributed by atoms with van der Waals surface area (Å²) in [6, 6.07) is 22.1. The van der Waals surface area contributed by atoms with Crippen LogP contribution in [0.3, 0.4) is 0 Å². The van der Waals surface area contributed by atoms with E-state index in [1.807, 2.05) is 67.7 Å². The van der Waals surface area contributed by atoms with Crippen molar-refractivity contribution in [3.8, 4) is 0 Å². The molecule has 1 aromatic heterocycles. The maximum atomic E-state index is 12.8. The summed E-state index contributed by atoms with van der Waals surface area (Å²) in [5.74, 6) is -0.840. The molecule has 0 saturated heterocycles. The minimum atomic E-state index is -0.438. The van der Waals surface area contributed by atoms with Crippen LogP contribution >= 0.6 is 0 Å². The molecule has 0 bridgehead atoms. The van der Waals surface area contributed by atoms with Gasteiger partial charge in [-0.15, -0.1) is 0 Å². The average molecular weight is 454 g/mol. The van der Waals surface area contributed by atoms with Gasteiger partial charge in [0, 0.05) is 31.7 Å². The molecule has 2 amide bonds. The summed E-state index contributed by atoms with van der Waals surface area (Å²) >= 11 is 0. The molecule has 0 saturated carbocycles. The van der Waals surface area contributed by atoms with Gasteiger partial charge in [-0.25, -0.2) is 4.98 Å². The lowest BCUT2D eigenvalue weighted by Crippen LogP contribution is -2.27. The molecule has 3 aromatic rings. The van der Waals surface area contributed by atoms with E-state index >= 15 is 0 Å². The van der Waals surface area contributed by atoms with Gasteiger partial charge in [0.15, 0.2) is 0 Å². The second-order valence-electron chi connectivity index (χ2n) is 7.38. The van der Waals surface area contributed by atoms with E-state index in [2.05, 4.69) is 25.9 Å². The molecule has 34 heavy (non-hydrogen) atoms. The Morgan fingerprint density at radius 2 is 1.47 bits per heavy atom. The SMILES string of the molecule is CN=C/C(=C\c1ccccc1)NC(=O)c1cccc(C(=O)N/C(C)=C/c2ccccc2NC)n1. The highest BCUT2D eigenvalue weighted by Crippen LogP contribution is 2.17. The van der Waals surface area contributed by atoms with Gasteiger partial charge >= 0.3 is 0 Å². The molecule has 7 nitrogen and oxygen atoms in total. The summed E-state index contributed by atoms with van der Waals surface area (Å²) in [5, 5.41) is 8.74. The minimum absolute atomic E-state index is 0.123. The third kappa shape index (κ3) is 6.74. The van der Waals surface area contributed by atoms with Crippen LogP contribution in [0.5, 0.6) is 0 Å². The highest BCUT2D eigenvalue weighted by atomic mass is 16.2. The molecule has 0 fully saturated rings. The Morgan fingerprint density at radius 1 is 0.824 bits per heavy atom. The number of carbonyl (C=O) groups is 2. The third-order valence-corrected chi connectivity index (χ3v) is 4.78. The highest BCUT2D eigenvalue weighted by molar-refractivity contribution is 6.01. The number of nitrogens with zero attached hydrogens (tertiary/aromatic N) is 2. The lowest BCUT2D eigenvalue weighted by molar-refractivity contribution is 0.0958. The van der Waals surface area contributed by atoms with Crippen molar-refractivity contribution in [1.29, 1.82) is 0 Å². The summed E-state index contributed by atoms with van der Waals surface area (Å²) in [6.07, 6.45) is 5.22.